The molecule has 0 aliphatic carbocycles. The molecule has 3 rings (SSSR count). The molecule has 3 heteroatoms. The lowest BCUT2D eigenvalue weighted by Crippen LogP contribution is -1.93. The van der Waals surface area contributed by atoms with Gasteiger partial charge >= 0.3 is 0 Å². The highest BCUT2D eigenvalue weighted by Crippen LogP contribution is 2.21. The molecule has 0 radical (unpaired) electrons. The van der Waals surface area contributed by atoms with Gasteiger partial charge in [0.25, 0.3) is 0 Å². The highest BCUT2D eigenvalue weighted by Gasteiger charge is 2.11. The molecule has 2 aromatic carbocycles. The summed E-state index contributed by atoms with van der Waals surface area (Å²) in [4.78, 5) is 0. The van der Waals surface area contributed by atoms with Crippen LogP contribution in [0.25, 0.3) is 16.9 Å². The van der Waals surface area contributed by atoms with Crippen molar-refractivity contribution in [2.75, 3.05) is 0 Å². The quantitative estimate of drug-likeness (QED) is 0.666. The second-order valence-corrected chi connectivity index (χ2v) is 3.97. The Morgan fingerprint density at radius 2 is 1.44 bits per heavy atom. The minimum absolute atomic E-state index is 0.315. The maximum absolute atomic E-state index is 13.9. The molecule has 0 amide bonds. The van der Waals surface area contributed by atoms with E-state index in [1.54, 1.807) is 4.68 Å². The third kappa shape index (κ3) is 1.91. The summed E-state index contributed by atoms with van der Waals surface area (Å²) in [5, 5.41) is 4.29. The zero-order chi connectivity index (χ0) is 12.4. The lowest BCUT2D eigenvalue weighted by molar-refractivity contribution is 0.630. The highest BCUT2D eigenvalue weighted by molar-refractivity contribution is 5.59. The normalized spacial score (nSPS) is 10.5. The molecule has 0 aliphatic heterocycles. The predicted octanol–water partition coefficient (Wildman–Crippen LogP) is 3.68. The second-order valence-electron chi connectivity index (χ2n) is 3.97. The monoisotopic (exact) mass is 238 g/mol. The van der Waals surface area contributed by atoms with Crippen LogP contribution in [0.15, 0.2) is 66.9 Å². The van der Waals surface area contributed by atoms with Gasteiger partial charge in [-0.15, -0.1) is 0 Å². The number of aromatic nitrogens is 2. The summed E-state index contributed by atoms with van der Waals surface area (Å²) in [5.41, 5.74) is 2.00. The van der Waals surface area contributed by atoms with Gasteiger partial charge in [-0.3, -0.25) is 0 Å². The first-order valence-corrected chi connectivity index (χ1v) is 5.70. The Kier molecular flexibility index (Phi) is 2.65. The van der Waals surface area contributed by atoms with Gasteiger partial charge in [-0.1, -0.05) is 48.5 Å². The Bertz CT molecular complexity index is 645. The van der Waals surface area contributed by atoms with Gasteiger partial charge in [0.05, 0.1) is 11.9 Å². The molecule has 1 heterocycles. The van der Waals surface area contributed by atoms with Crippen LogP contribution in [0.2, 0.25) is 0 Å². The smallest absolute Gasteiger partial charge is 0.169 e. The SMILES string of the molecule is Fc1cn(-c2ccccc2)nc1-c1ccccc1. The Morgan fingerprint density at radius 3 is 2.11 bits per heavy atom. The van der Waals surface area contributed by atoms with Crippen molar-refractivity contribution < 1.29 is 4.39 Å². The molecule has 0 N–H and O–H groups in total. The fourth-order valence-electron chi connectivity index (χ4n) is 1.86. The maximum Gasteiger partial charge on any atom is 0.169 e. The summed E-state index contributed by atoms with van der Waals surface area (Å²) in [6.07, 6.45) is 1.40. The van der Waals surface area contributed by atoms with Gasteiger partial charge in [-0.05, 0) is 12.1 Å². The van der Waals surface area contributed by atoms with Crippen molar-refractivity contribution in [3.05, 3.63) is 72.7 Å². The molecule has 88 valence electrons. The number of hydrogen-bond acceptors (Lipinski definition) is 1. The molecular weight excluding hydrogens is 227 g/mol. The summed E-state index contributed by atoms with van der Waals surface area (Å²) in [6.45, 7) is 0. The van der Waals surface area contributed by atoms with Crippen LogP contribution in [-0.4, -0.2) is 9.78 Å². The Labute approximate surface area is 104 Å². The van der Waals surface area contributed by atoms with Crippen molar-refractivity contribution in [2.45, 2.75) is 0 Å². The molecular formula is C15H11FN2. The van der Waals surface area contributed by atoms with Crippen molar-refractivity contribution in [2.24, 2.45) is 0 Å². The van der Waals surface area contributed by atoms with E-state index in [2.05, 4.69) is 5.10 Å². The lowest BCUT2D eigenvalue weighted by atomic mass is 10.1. The summed E-state index contributed by atoms with van der Waals surface area (Å²) >= 11 is 0. The van der Waals surface area contributed by atoms with Gasteiger partial charge in [0.2, 0.25) is 0 Å². The van der Waals surface area contributed by atoms with E-state index in [1.165, 1.54) is 6.20 Å². The van der Waals surface area contributed by atoms with E-state index in [0.717, 1.165) is 11.3 Å². The van der Waals surface area contributed by atoms with Gasteiger partial charge in [-0.25, -0.2) is 9.07 Å². The largest absolute Gasteiger partial charge is 0.237 e. The third-order valence-corrected chi connectivity index (χ3v) is 2.74. The molecule has 0 fully saturated rings. The highest BCUT2D eigenvalue weighted by atomic mass is 19.1. The molecule has 0 saturated carbocycles. The molecule has 0 atom stereocenters. The average Bonchev–Trinajstić information content (AvgIpc) is 2.83. The molecule has 0 saturated heterocycles. The van der Waals surface area contributed by atoms with E-state index < -0.39 is 0 Å². The van der Waals surface area contributed by atoms with Crippen molar-refractivity contribution in [1.82, 2.24) is 9.78 Å². The molecule has 18 heavy (non-hydrogen) atoms. The van der Waals surface area contributed by atoms with Crippen molar-refractivity contribution in [3.8, 4) is 16.9 Å². The maximum atomic E-state index is 13.9. The van der Waals surface area contributed by atoms with Crippen LogP contribution >= 0.6 is 0 Å². The molecule has 0 bridgehead atoms. The topological polar surface area (TPSA) is 17.8 Å². The molecule has 0 unspecified atom stereocenters. The summed E-state index contributed by atoms with van der Waals surface area (Å²) in [6, 6.07) is 18.8. The Morgan fingerprint density at radius 1 is 0.833 bits per heavy atom. The average molecular weight is 238 g/mol. The van der Waals surface area contributed by atoms with E-state index in [9.17, 15) is 4.39 Å². The van der Waals surface area contributed by atoms with Gasteiger partial charge in [0.1, 0.15) is 5.69 Å². The standard InChI is InChI=1S/C15H11FN2/c16-14-11-18(13-9-5-2-6-10-13)17-15(14)12-7-3-1-4-8-12/h1-11H. The number of para-hydroxylation sites is 1. The van der Waals surface area contributed by atoms with Crippen LogP contribution in [0.3, 0.4) is 0 Å². The van der Waals surface area contributed by atoms with Gasteiger partial charge in [0.15, 0.2) is 5.82 Å². The number of nitrogens with zero attached hydrogens (tertiary/aromatic N) is 2. The first-order valence-electron chi connectivity index (χ1n) is 5.70. The van der Waals surface area contributed by atoms with Crippen LogP contribution < -0.4 is 0 Å². The summed E-state index contributed by atoms with van der Waals surface area (Å²) < 4.78 is 15.5. The van der Waals surface area contributed by atoms with Crippen LogP contribution in [0, 0.1) is 5.82 Å². The van der Waals surface area contributed by atoms with Gasteiger partial charge in [0, 0.05) is 5.56 Å². The minimum Gasteiger partial charge on any atom is -0.237 e. The molecule has 1 aromatic heterocycles. The van der Waals surface area contributed by atoms with Crippen LogP contribution in [0.1, 0.15) is 0 Å². The van der Waals surface area contributed by atoms with E-state index >= 15 is 0 Å². The molecule has 0 spiro atoms. The summed E-state index contributed by atoms with van der Waals surface area (Å²) in [5.74, 6) is -0.315. The van der Waals surface area contributed by atoms with E-state index in [0.29, 0.717) is 5.69 Å². The Hall–Kier alpha value is -2.42. The number of rotatable bonds is 2. The third-order valence-electron chi connectivity index (χ3n) is 2.74. The van der Waals surface area contributed by atoms with Crippen molar-refractivity contribution in [1.29, 1.82) is 0 Å². The first kappa shape index (κ1) is 10.7. The number of halogens is 1. The van der Waals surface area contributed by atoms with Crippen LogP contribution in [0.5, 0.6) is 0 Å². The van der Waals surface area contributed by atoms with Crippen LogP contribution in [-0.2, 0) is 0 Å². The predicted molar refractivity (Wildman–Crippen MR) is 69.0 cm³/mol. The zero-order valence-electron chi connectivity index (χ0n) is 9.62. The Balaban J connectivity index is 2.07. The van der Waals surface area contributed by atoms with Crippen LogP contribution in [0.4, 0.5) is 4.39 Å². The van der Waals surface area contributed by atoms with E-state index in [4.69, 9.17) is 0 Å². The zero-order valence-corrected chi connectivity index (χ0v) is 9.62. The molecule has 3 aromatic rings. The first-order chi connectivity index (χ1) is 8.84. The van der Waals surface area contributed by atoms with Crippen molar-refractivity contribution in [3.63, 3.8) is 0 Å². The minimum atomic E-state index is -0.315. The molecule has 2 nitrogen and oxygen atoms in total. The fraction of sp³-hybridized carbons (Fsp3) is 0. The molecule has 0 aliphatic rings. The summed E-state index contributed by atoms with van der Waals surface area (Å²) in [7, 11) is 0. The van der Waals surface area contributed by atoms with Gasteiger partial charge < -0.3 is 0 Å². The number of hydrogen-bond donors (Lipinski definition) is 0. The van der Waals surface area contributed by atoms with E-state index in [1.807, 2.05) is 60.7 Å². The number of benzene rings is 2. The van der Waals surface area contributed by atoms with E-state index in [-0.39, 0.29) is 5.82 Å². The fourth-order valence-corrected chi connectivity index (χ4v) is 1.86. The lowest BCUT2D eigenvalue weighted by Gasteiger charge is -1.99. The second kappa shape index (κ2) is 4.45. The van der Waals surface area contributed by atoms with Crippen molar-refractivity contribution >= 4 is 0 Å². The van der Waals surface area contributed by atoms with Gasteiger partial charge in [-0.2, -0.15) is 5.10 Å².